The van der Waals surface area contributed by atoms with Crippen molar-refractivity contribution in [3.63, 3.8) is 0 Å². The summed E-state index contributed by atoms with van der Waals surface area (Å²) >= 11 is 0. The highest BCUT2D eigenvalue weighted by atomic mass is 16.4. The summed E-state index contributed by atoms with van der Waals surface area (Å²) in [6.45, 7) is 3.90. The monoisotopic (exact) mass is 251 g/mol. The highest BCUT2D eigenvalue weighted by Crippen LogP contribution is 2.22. The van der Waals surface area contributed by atoms with Crippen LogP contribution in [0.5, 0.6) is 0 Å². The van der Waals surface area contributed by atoms with Gasteiger partial charge in [-0.1, -0.05) is 13.3 Å². The number of likely N-dealkylation sites (tertiary alicyclic amines) is 1. The maximum atomic E-state index is 11.2. The molecule has 0 amide bonds. The lowest BCUT2D eigenvalue weighted by molar-refractivity contribution is 0.0692. The van der Waals surface area contributed by atoms with Gasteiger partial charge in [0.25, 0.3) is 0 Å². The minimum atomic E-state index is -0.886. The summed E-state index contributed by atoms with van der Waals surface area (Å²) < 4.78 is 1.59. The Hall–Kier alpha value is -1.36. The Morgan fingerprint density at radius 3 is 3.00 bits per heavy atom. The van der Waals surface area contributed by atoms with E-state index in [1.165, 1.54) is 19.3 Å². The molecule has 1 aromatic heterocycles. The number of aromatic nitrogens is 2. The predicted molar refractivity (Wildman–Crippen MR) is 68.5 cm³/mol. The zero-order valence-electron chi connectivity index (χ0n) is 11.1. The minimum absolute atomic E-state index is 0.331. The average molecular weight is 251 g/mol. The molecule has 1 saturated heterocycles. The maximum absolute atomic E-state index is 11.2. The Morgan fingerprint density at radius 2 is 2.33 bits per heavy atom. The fraction of sp³-hybridized carbons (Fsp3) is 0.692. The van der Waals surface area contributed by atoms with Crippen LogP contribution in [0.4, 0.5) is 0 Å². The summed E-state index contributed by atoms with van der Waals surface area (Å²) in [5, 5.41) is 13.4. The summed E-state index contributed by atoms with van der Waals surface area (Å²) in [7, 11) is 1.77. The number of aryl methyl sites for hydroxylation is 1. The summed E-state index contributed by atoms with van der Waals surface area (Å²) in [6, 6.07) is 0.572. The molecule has 1 aliphatic heterocycles. The number of carboxylic acids is 1. The average Bonchev–Trinajstić information content (AvgIpc) is 2.71. The Morgan fingerprint density at radius 1 is 1.56 bits per heavy atom. The summed E-state index contributed by atoms with van der Waals surface area (Å²) in [5.74, 6) is -0.886. The molecule has 1 aromatic rings. The van der Waals surface area contributed by atoms with E-state index >= 15 is 0 Å². The van der Waals surface area contributed by atoms with Gasteiger partial charge in [0.15, 0.2) is 0 Å². The zero-order valence-corrected chi connectivity index (χ0v) is 11.1. The third kappa shape index (κ3) is 2.72. The molecule has 0 bridgehead atoms. The van der Waals surface area contributed by atoms with Gasteiger partial charge in [0.05, 0.1) is 5.69 Å². The number of rotatable bonds is 4. The summed E-state index contributed by atoms with van der Waals surface area (Å²) in [4.78, 5) is 13.5. The van der Waals surface area contributed by atoms with E-state index in [0.717, 1.165) is 13.0 Å². The maximum Gasteiger partial charge on any atom is 0.339 e. The summed E-state index contributed by atoms with van der Waals surface area (Å²) in [6.07, 6.45) is 6.40. The van der Waals surface area contributed by atoms with Crippen molar-refractivity contribution in [2.45, 2.75) is 45.2 Å². The second-order valence-corrected chi connectivity index (χ2v) is 5.00. The van der Waals surface area contributed by atoms with Crippen molar-refractivity contribution < 1.29 is 9.90 Å². The molecule has 5 heteroatoms. The van der Waals surface area contributed by atoms with E-state index in [1.54, 1.807) is 17.9 Å². The molecule has 0 aliphatic carbocycles. The number of piperidine rings is 1. The highest BCUT2D eigenvalue weighted by Gasteiger charge is 2.24. The molecule has 100 valence electrons. The molecule has 5 nitrogen and oxygen atoms in total. The van der Waals surface area contributed by atoms with Gasteiger partial charge in [0.2, 0.25) is 0 Å². The first-order valence-corrected chi connectivity index (χ1v) is 6.61. The molecule has 2 heterocycles. The van der Waals surface area contributed by atoms with Crippen LogP contribution in [-0.2, 0) is 13.6 Å². The van der Waals surface area contributed by atoms with E-state index < -0.39 is 5.97 Å². The molecular weight excluding hydrogens is 230 g/mol. The van der Waals surface area contributed by atoms with Crippen molar-refractivity contribution in [3.05, 3.63) is 17.5 Å². The number of hydrogen-bond acceptors (Lipinski definition) is 3. The fourth-order valence-corrected chi connectivity index (χ4v) is 2.75. The van der Waals surface area contributed by atoms with E-state index in [2.05, 4.69) is 16.9 Å². The van der Waals surface area contributed by atoms with Gasteiger partial charge in [-0.05, 0) is 25.8 Å². The number of carbonyl (C=O) groups is 1. The Labute approximate surface area is 107 Å². The Kier molecular flexibility index (Phi) is 4.01. The van der Waals surface area contributed by atoms with Crippen molar-refractivity contribution in [2.24, 2.45) is 7.05 Å². The van der Waals surface area contributed by atoms with Gasteiger partial charge >= 0.3 is 5.97 Å². The van der Waals surface area contributed by atoms with Gasteiger partial charge in [0, 0.05) is 25.8 Å². The predicted octanol–water partition coefficient (Wildman–Crippen LogP) is 1.88. The van der Waals surface area contributed by atoms with Gasteiger partial charge in [-0.15, -0.1) is 0 Å². The zero-order chi connectivity index (χ0) is 13.1. The van der Waals surface area contributed by atoms with Crippen LogP contribution >= 0.6 is 0 Å². The number of carboxylic acid groups (broad SMARTS) is 1. The van der Waals surface area contributed by atoms with Crippen molar-refractivity contribution in [3.8, 4) is 0 Å². The van der Waals surface area contributed by atoms with E-state index in [1.807, 2.05) is 0 Å². The van der Waals surface area contributed by atoms with Crippen molar-refractivity contribution in [2.75, 3.05) is 6.54 Å². The SMILES string of the molecule is CCC1CCCCN1Cc1nn(C)cc1C(=O)O. The molecule has 1 atom stereocenters. The quantitative estimate of drug-likeness (QED) is 0.887. The highest BCUT2D eigenvalue weighted by molar-refractivity contribution is 5.88. The first kappa shape index (κ1) is 13.1. The molecular formula is C13H21N3O2. The van der Waals surface area contributed by atoms with Gasteiger partial charge in [-0.3, -0.25) is 9.58 Å². The van der Waals surface area contributed by atoms with E-state index in [0.29, 0.717) is 23.8 Å². The van der Waals surface area contributed by atoms with Crippen LogP contribution in [0.2, 0.25) is 0 Å². The van der Waals surface area contributed by atoms with Crippen LogP contribution in [0.25, 0.3) is 0 Å². The van der Waals surface area contributed by atoms with Gasteiger partial charge in [0.1, 0.15) is 5.56 Å². The topological polar surface area (TPSA) is 58.4 Å². The third-order valence-electron chi connectivity index (χ3n) is 3.71. The molecule has 2 rings (SSSR count). The van der Waals surface area contributed by atoms with Crippen molar-refractivity contribution >= 4 is 5.97 Å². The molecule has 0 saturated carbocycles. The van der Waals surface area contributed by atoms with Gasteiger partial charge in [-0.25, -0.2) is 4.79 Å². The second kappa shape index (κ2) is 5.52. The fourth-order valence-electron chi connectivity index (χ4n) is 2.75. The molecule has 1 fully saturated rings. The van der Waals surface area contributed by atoms with Crippen molar-refractivity contribution in [1.82, 2.24) is 14.7 Å². The third-order valence-corrected chi connectivity index (χ3v) is 3.71. The molecule has 1 aliphatic rings. The summed E-state index contributed by atoms with van der Waals surface area (Å²) in [5.41, 5.74) is 1.02. The molecule has 18 heavy (non-hydrogen) atoms. The van der Waals surface area contributed by atoms with Gasteiger partial charge < -0.3 is 5.11 Å². The number of hydrogen-bond donors (Lipinski definition) is 1. The van der Waals surface area contributed by atoms with Crippen molar-refractivity contribution in [1.29, 1.82) is 0 Å². The van der Waals surface area contributed by atoms with Crippen LogP contribution in [0.3, 0.4) is 0 Å². The Balaban J connectivity index is 2.14. The largest absolute Gasteiger partial charge is 0.478 e. The first-order chi connectivity index (χ1) is 8.61. The first-order valence-electron chi connectivity index (χ1n) is 6.61. The molecule has 1 N–H and O–H groups in total. The normalized spacial score (nSPS) is 21.1. The second-order valence-electron chi connectivity index (χ2n) is 5.00. The van der Waals surface area contributed by atoms with Crippen LogP contribution in [0.1, 0.15) is 48.7 Å². The van der Waals surface area contributed by atoms with E-state index in [-0.39, 0.29) is 0 Å². The van der Waals surface area contributed by atoms with Gasteiger partial charge in [-0.2, -0.15) is 5.10 Å². The number of nitrogens with zero attached hydrogens (tertiary/aromatic N) is 3. The molecule has 0 radical (unpaired) electrons. The van der Waals surface area contributed by atoms with E-state index in [4.69, 9.17) is 5.11 Å². The van der Waals surface area contributed by atoms with E-state index in [9.17, 15) is 4.79 Å². The lowest BCUT2D eigenvalue weighted by Gasteiger charge is -2.34. The molecule has 0 aromatic carbocycles. The Bertz CT molecular complexity index is 428. The van der Waals surface area contributed by atoms with Crippen LogP contribution in [0, 0.1) is 0 Å². The lowest BCUT2D eigenvalue weighted by atomic mass is 9.99. The standard InChI is InChI=1S/C13H21N3O2/c1-3-10-6-4-5-7-16(10)9-12-11(13(17)18)8-15(2)14-12/h8,10H,3-7,9H2,1-2H3,(H,17,18). The van der Waals surface area contributed by atoms with Crippen LogP contribution < -0.4 is 0 Å². The lowest BCUT2D eigenvalue weighted by Crippen LogP contribution is -2.38. The van der Waals surface area contributed by atoms with Crippen LogP contribution in [-0.4, -0.2) is 38.3 Å². The van der Waals surface area contributed by atoms with Crippen LogP contribution in [0.15, 0.2) is 6.20 Å². The molecule has 0 spiro atoms. The smallest absolute Gasteiger partial charge is 0.339 e. The molecule has 1 unspecified atom stereocenters. The minimum Gasteiger partial charge on any atom is -0.478 e. The number of aromatic carboxylic acids is 1.